The van der Waals surface area contributed by atoms with Crippen LogP contribution in [-0.2, 0) is 0 Å². The van der Waals surface area contributed by atoms with Crippen LogP contribution >= 0.6 is 21.0 Å². The molecule has 0 fully saturated rings. The number of benzene rings is 1. The van der Waals surface area contributed by atoms with E-state index < -0.39 is 0 Å². The minimum absolute atomic E-state index is 0. The van der Waals surface area contributed by atoms with Crippen LogP contribution in [0.1, 0.15) is 13.3 Å². The Bertz CT molecular complexity index is 292. The van der Waals surface area contributed by atoms with Crippen molar-refractivity contribution in [2.75, 3.05) is 6.16 Å². The van der Waals surface area contributed by atoms with Gasteiger partial charge < -0.3 is 0 Å². The molecule has 0 amide bonds. The van der Waals surface area contributed by atoms with Crippen LogP contribution in [0.15, 0.2) is 30.3 Å². The van der Waals surface area contributed by atoms with Crippen molar-refractivity contribution in [2.24, 2.45) is 5.92 Å². The van der Waals surface area contributed by atoms with Crippen LogP contribution in [0.4, 0.5) is 0 Å². The lowest BCUT2D eigenvalue weighted by Gasteiger charge is -1.87. The second-order valence-corrected chi connectivity index (χ2v) is 5.65. The lowest BCUT2D eigenvalue weighted by molar-refractivity contribution is 0.781. The summed E-state index contributed by atoms with van der Waals surface area (Å²) in [7, 11) is 0.0954. The Hall–Kier alpha value is -0.260. The molecule has 1 aromatic carbocycles. The number of rotatable bonds is 1. The summed E-state index contributed by atoms with van der Waals surface area (Å²) >= 11 is 0. The van der Waals surface area contributed by atoms with Gasteiger partial charge in [-0.1, -0.05) is 25.1 Å². The van der Waals surface area contributed by atoms with Gasteiger partial charge in [0.2, 0.25) is 0 Å². The van der Waals surface area contributed by atoms with Crippen LogP contribution in [0.2, 0.25) is 0 Å². The average molecular weight is 211 g/mol. The minimum atomic E-state index is 0. The quantitative estimate of drug-likeness (QED) is 0.627. The summed E-state index contributed by atoms with van der Waals surface area (Å²) in [5.41, 5.74) is 0. The van der Waals surface area contributed by atoms with Gasteiger partial charge in [-0.15, -0.1) is 0 Å². The van der Waals surface area contributed by atoms with Crippen molar-refractivity contribution >= 4 is 32.1 Å². The zero-order valence-corrected chi connectivity index (χ0v) is 9.80. The average Bonchev–Trinajstić information content (AvgIpc) is 2.54. The first-order valence-electron chi connectivity index (χ1n) is 4.53. The van der Waals surface area contributed by atoms with Crippen LogP contribution in [0.5, 0.6) is 0 Å². The molecular weight excluding hydrogens is 195 g/mol. The monoisotopic (exact) mass is 211 g/mol. The van der Waals surface area contributed by atoms with E-state index in [1.165, 1.54) is 12.6 Å². The van der Waals surface area contributed by atoms with E-state index in [1.807, 2.05) is 0 Å². The summed E-state index contributed by atoms with van der Waals surface area (Å²) in [6, 6.07) is 10.9. The summed E-state index contributed by atoms with van der Waals surface area (Å²) in [6.45, 7) is 2.32. The van der Waals surface area contributed by atoms with E-state index in [1.54, 1.807) is 5.30 Å². The van der Waals surface area contributed by atoms with Crippen molar-refractivity contribution in [3.8, 4) is 0 Å². The van der Waals surface area contributed by atoms with E-state index in [0.29, 0.717) is 0 Å². The molecular formula is C11H16PS+. The molecule has 2 rings (SSSR count). The van der Waals surface area contributed by atoms with E-state index in [4.69, 9.17) is 0 Å². The lowest BCUT2D eigenvalue weighted by atomic mass is 10.2. The van der Waals surface area contributed by atoms with Crippen molar-refractivity contribution in [1.29, 1.82) is 0 Å². The van der Waals surface area contributed by atoms with E-state index >= 15 is 0 Å². The largest absolute Gasteiger partial charge is 0.197 e. The van der Waals surface area contributed by atoms with Crippen molar-refractivity contribution < 1.29 is 0 Å². The lowest BCUT2D eigenvalue weighted by Crippen LogP contribution is -1.94. The molecule has 0 saturated carbocycles. The van der Waals surface area contributed by atoms with Gasteiger partial charge in [0.1, 0.15) is 19.0 Å². The Morgan fingerprint density at radius 1 is 1.23 bits per heavy atom. The molecule has 2 unspecified atom stereocenters. The molecule has 0 radical (unpaired) electrons. The van der Waals surface area contributed by atoms with Gasteiger partial charge in [0, 0.05) is 5.92 Å². The molecule has 70 valence electrons. The second kappa shape index (κ2) is 4.83. The second-order valence-electron chi connectivity index (χ2n) is 3.44. The molecule has 0 aliphatic carbocycles. The Morgan fingerprint density at radius 3 is 2.46 bits per heavy atom. The van der Waals surface area contributed by atoms with Gasteiger partial charge in [0.25, 0.3) is 0 Å². The van der Waals surface area contributed by atoms with Gasteiger partial charge in [0.05, 0.1) is 5.80 Å². The zero-order chi connectivity index (χ0) is 8.39. The Morgan fingerprint density at radius 2 is 1.92 bits per heavy atom. The highest BCUT2D eigenvalue weighted by molar-refractivity contribution is 7.65. The third kappa shape index (κ3) is 2.59. The maximum absolute atomic E-state index is 2.55. The third-order valence-corrected chi connectivity index (χ3v) is 4.92. The fraction of sp³-hybridized carbons (Fsp3) is 0.364. The fourth-order valence-electron chi connectivity index (χ4n) is 1.63. The topological polar surface area (TPSA) is 0 Å². The van der Waals surface area contributed by atoms with Crippen molar-refractivity contribution in [3.63, 3.8) is 0 Å². The normalized spacial score (nSPS) is 23.5. The predicted octanol–water partition coefficient (Wildman–Crippen LogP) is 2.75. The van der Waals surface area contributed by atoms with E-state index in [-0.39, 0.29) is 21.0 Å². The first kappa shape index (κ1) is 10.8. The molecule has 0 nitrogen and oxygen atoms in total. The van der Waals surface area contributed by atoms with Gasteiger partial charge in [0.15, 0.2) is 0 Å². The molecule has 1 heterocycles. The summed E-state index contributed by atoms with van der Waals surface area (Å²) < 4.78 is 0. The smallest absolute Gasteiger partial charge is 0.148 e. The molecule has 1 aliphatic heterocycles. The van der Waals surface area contributed by atoms with E-state index in [9.17, 15) is 0 Å². The van der Waals surface area contributed by atoms with Crippen molar-refractivity contribution in [2.45, 2.75) is 13.3 Å². The van der Waals surface area contributed by atoms with Gasteiger partial charge in [-0.3, -0.25) is 0 Å². The maximum atomic E-state index is 2.55. The van der Waals surface area contributed by atoms with Crippen LogP contribution < -0.4 is 5.30 Å². The molecule has 0 N–H and O–H groups in total. The molecule has 1 aromatic rings. The predicted molar refractivity (Wildman–Crippen MR) is 68.1 cm³/mol. The van der Waals surface area contributed by atoms with Gasteiger partial charge in [-0.25, -0.2) is 0 Å². The molecule has 0 saturated heterocycles. The van der Waals surface area contributed by atoms with E-state index in [0.717, 1.165) is 5.92 Å². The summed E-state index contributed by atoms with van der Waals surface area (Å²) in [5.74, 6) is 3.39. The molecule has 1 aliphatic rings. The highest BCUT2D eigenvalue weighted by Crippen LogP contribution is 2.31. The van der Waals surface area contributed by atoms with Crippen LogP contribution in [0.25, 0.3) is 0 Å². The van der Waals surface area contributed by atoms with Crippen LogP contribution in [0.3, 0.4) is 0 Å². The van der Waals surface area contributed by atoms with Crippen molar-refractivity contribution in [1.82, 2.24) is 0 Å². The van der Waals surface area contributed by atoms with Gasteiger partial charge in [-0.2, -0.15) is 13.5 Å². The third-order valence-electron chi connectivity index (χ3n) is 2.35. The molecule has 0 bridgehead atoms. The number of hydrogen-bond acceptors (Lipinski definition) is 0. The molecule has 13 heavy (non-hydrogen) atoms. The Balaban J connectivity index is 0.000000845. The highest BCUT2D eigenvalue weighted by Gasteiger charge is 2.22. The molecule has 2 heteroatoms. The Kier molecular flexibility index (Phi) is 4.02. The molecule has 0 spiro atoms. The summed E-state index contributed by atoms with van der Waals surface area (Å²) in [6.07, 6.45) is 2.79. The van der Waals surface area contributed by atoms with Gasteiger partial charge in [-0.05, 0) is 18.6 Å². The maximum Gasteiger partial charge on any atom is 0.148 e. The minimum Gasteiger partial charge on any atom is -0.197 e. The van der Waals surface area contributed by atoms with E-state index in [2.05, 4.69) is 43.1 Å². The molecule has 2 atom stereocenters. The first-order chi connectivity index (χ1) is 5.86. The highest BCUT2D eigenvalue weighted by atomic mass is 32.1. The summed E-state index contributed by atoms with van der Waals surface area (Å²) in [4.78, 5) is 0. The number of hydrogen-bond donors (Lipinski definition) is 0. The van der Waals surface area contributed by atoms with Crippen LogP contribution in [0, 0.1) is 5.92 Å². The van der Waals surface area contributed by atoms with Crippen LogP contribution in [-0.4, -0.2) is 12.0 Å². The Labute approximate surface area is 88.2 Å². The fourth-order valence-corrected chi connectivity index (χ4v) is 4.22. The first-order valence-corrected chi connectivity index (χ1v) is 6.12. The standard InChI is InChI=1S/C11H14P.H2S/c1-10-7-8-12(9-10)11-5-3-2-4-6-11;/h2-6,9-10H,7-8H2,1H3;1H2/q+1;. The van der Waals surface area contributed by atoms with Gasteiger partial charge >= 0.3 is 0 Å². The zero-order valence-electron chi connectivity index (χ0n) is 7.90. The SMILES string of the molecule is CC1C=[P+](c2ccccc2)CC1.S. The van der Waals surface area contributed by atoms with Crippen molar-refractivity contribution in [3.05, 3.63) is 30.3 Å². The molecule has 0 aromatic heterocycles. The summed E-state index contributed by atoms with van der Waals surface area (Å²) in [5, 5.41) is 1.55.